The van der Waals surface area contributed by atoms with Crippen LogP contribution >= 0.6 is 23.8 Å². The van der Waals surface area contributed by atoms with Crippen LogP contribution < -0.4 is 21.3 Å². The van der Waals surface area contributed by atoms with E-state index in [2.05, 4.69) is 40.0 Å². The molecule has 10 heteroatoms. The van der Waals surface area contributed by atoms with Crippen LogP contribution in [0.25, 0.3) is 0 Å². The van der Waals surface area contributed by atoms with E-state index >= 15 is 0 Å². The minimum absolute atomic E-state index is 0.0968. The van der Waals surface area contributed by atoms with Crippen LogP contribution in [0.1, 0.15) is 37.2 Å². The van der Waals surface area contributed by atoms with Gasteiger partial charge in [0, 0.05) is 17.1 Å². The van der Waals surface area contributed by atoms with Crippen LogP contribution in [-0.4, -0.2) is 41.5 Å². The van der Waals surface area contributed by atoms with Gasteiger partial charge in [0.15, 0.2) is 10.9 Å². The van der Waals surface area contributed by atoms with Crippen LogP contribution in [0.5, 0.6) is 0 Å². The molecule has 36 heavy (non-hydrogen) atoms. The van der Waals surface area contributed by atoms with E-state index in [1.165, 1.54) is 6.26 Å². The van der Waals surface area contributed by atoms with Crippen LogP contribution in [-0.2, 0) is 4.79 Å². The molecule has 2 aromatic carbocycles. The summed E-state index contributed by atoms with van der Waals surface area (Å²) in [6.07, 6.45) is 3.44. The number of nitrogens with zero attached hydrogens (tertiary/aromatic N) is 1. The molecule has 0 aliphatic rings. The standard InChI is InChI=1S/C26H30ClN5O3S/c1-3-13-32(14-4-2)17-24(33)31-22-12-11-20(16-21(22)27)30-26(36)29-19-9-7-18(8-10-19)28-25(34)23-6-5-15-35-23/h5-12,15-16H,3-4,13-14,17H2,1-2H3,(H,28,34)(H,31,33)(H2,29,30,36). The molecule has 8 nitrogen and oxygen atoms in total. The third-order valence-corrected chi connectivity index (χ3v) is 5.61. The molecule has 4 N–H and O–H groups in total. The smallest absolute Gasteiger partial charge is 0.291 e. The van der Waals surface area contributed by atoms with Crippen molar-refractivity contribution in [2.75, 3.05) is 40.9 Å². The summed E-state index contributed by atoms with van der Waals surface area (Å²) in [7, 11) is 0. The number of furan rings is 1. The first-order chi connectivity index (χ1) is 17.4. The first-order valence-electron chi connectivity index (χ1n) is 11.7. The van der Waals surface area contributed by atoms with Gasteiger partial charge >= 0.3 is 0 Å². The molecule has 0 saturated heterocycles. The van der Waals surface area contributed by atoms with Gasteiger partial charge in [-0.15, -0.1) is 0 Å². The Morgan fingerprint density at radius 2 is 1.50 bits per heavy atom. The molecular weight excluding hydrogens is 498 g/mol. The van der Waals surface area contributed by atoms with E-state index in [9.17, 15) is 9.59 Å². The monoisotopic (exact) mass is 527 g/mol. The van der Waals surface area contributed by atoms with E-state index in [-0.39, 0.29) is 17.6 Å². The van der Waals surface area contributed by atoms with Gasteiger partial charge in [0.1, 0.15) is 0 Å². The van der Waals surface area contributed by atoms with Crippen LogP contribution in [0.4, 0.5) is 22.7 Å². The number of halogens is 1. The molecule has 0 aliphatic heterocycles. The molecule has 3 aromatic rings. The van der Waals surface area contributed by atoms with Gasteiger partial charge in [-0.25, -0.2) is 0 Å². The van der Waals surface area contributed by atoms with E-state index in [0.717, 1.165) is 31.6 Å². The fourth-order valence-corrected chi connectivity index (χ4v) is 3.98. The molecule has 0 saturated carbocycles. The molecule has 0 unspecified atom stereocenters. The lowest BCUT2D eigenvalue weighted by Gasteiger charge is -2.20. The Kier molecular flexibility index (Phi) is 10.3. The van der Waals surface area contributed by atoms with Crippen molar-refractivity contribution in [3.8, 4) is 0 Å². The van der Waals surface area contributed by atoms with E-state index in [0.29, 0.717) is 33.7 Å². The Morgan fingerprint density at radius 1 is 0.889 bits per heavy atom. The van der Waals surface area contributed by atoms with E-state index in [4.69, 9.17) is 28.2 Å². The predicted octanol–water partition coefficient (Wildman–Crippen LogP) is 6.05. The average Bonchev–Trinajstić information content (AvgIpc) is 3.38. The molecule has 3 rings (SSSR count). The SMILES string of the molecule is CCCN(CCC)CC(=O)Nc1ccc(NC(=S)Nc2ccc(NC(=O)c3ccco3)cc2)cc1Cl. The fourth-order valence-electron chi connectivity index (χ4n) is 3.52. The van der Waals surface area contributed by atoms with Crippen molar-refractivity contribution in [2.45, 2.75) is 26.7 Å². The molecule has 2 amide bonds. The van der Waals surface area contributed by atoms with E-state index in [1.807, 2.05) is 0 Å². The molecule has 0 aliphatic carbocycles. The number of anilines is 4. The maximum Gasteiger partial charge on any atom is 0.291 e. The normalized spacial score (nSPS) is 10.7. The van der Waals surface area contributed by atoms with Gasteiger partial charge in [0.05, 0.1) is 23.5 Å². The zero-order chi connectivity index (χ0) is 25.9. The highest BCUT2D eigenvalue weighted by Gasteiger charge is 2.12. The predicted molar refractivity (Wildman–Crippen MR) is 150 cm³/mol. The molecule has 190 valence electrons. The Morgan fingerprint density at radius 3 is 2.08 bits per heavy atom. The van der Waals surface area contributed by atoms with E-state index < -0.39 is 0 Å². The second-order valence-corrected chi connectivity index (χ2v) is 8.92. The second-order valence-electron chi connectivity index (χ2n) is 8.11. The quantitative estimate of drug-likeness (QED) is 0.225. The molecular formula is C26H30ClN5O3S. The number of rotatable bonds is 11. The molecule has 0 bridgehead atoms. The molecule has 0 spiro atoms. The molecule has 0 fully saturated rings. The lowest BCUT2D eigenvalue weighted by Crippen LogP contribution is -2.34. The van der Waals surface area contributed by atoms with Crippen molar-refractivity contribution in [3.63, 3.8) is 0 Å². The summed E-state index contributed by atoms with van der Waals surface area (Å²) in [6, 6.07) is 15.6. The Bertz CT molecular complexity index is 1160. The lowest BCUT2D eigenvalue weighted by atomic mass is 10.2. The highest BCUT2D eigenvalue weighted by atomic mass is 35.5. The maximum atomic E-state index is 12.4. The fraction of sp³-hybridized carbons (Fsp3) is 0.269. The highest BCUT2D eigenvalue weighted by molar-refractivity contribution is 7.80. The number of carbonyl (C=O) groups excluding carboxylic acids is 2. The maximum absolute atomic E-state index is 12.4. The van der Waals surface area contributed by atoms with Crippen molar-refractivity contribution in [1.82, 2.24) is 4.90 Å². The van der Waals surface area contributed by atoms with Gasteiger partial charge in [-0.3, -0.25) is 14.5 Å². The minimum atomic E-state index is -0.325. The number of hydrogen-bond donors (Lipinski definition) is 4. The van der Waals surface area contributed by atoms with Crippen molar-refractivity contribution in [1.29, 1.82) is 0 Å². The first kappa shape index (κ1) is 27.2. The summed E-state index contributed by atoms with van der Waals surface area (Å²) in [6.45, 7) is 6.29. The Hall–Kier alpha value is -3.40. The van der Waals surface area contributed by atoms with Crippen LogP contribution in [0.3, 0.4) is 0 Å². The van der Waals surface area contributed by atoms with Gasteiger partial charge in [-0.2, -0.15) is 0 Å². The van der Waals surface area contributed by atoms with Crippen LogP contribution in [0.15, 0.2) is 65.3 Å². The molecule has 0 radical (unpaired) electrons. The third-order valence-electron chi connectivity index (χ3n) is 5.09. The van der Waals surface area contributed by atoms with E-state index in [1.54, 1.807) is 54.6 Å². The summed E-state index contributed by atoms with van der Waals surface area (Å²) in [5.74, 6) is -0.184. The van der Waals surface area contributed by atoms with Gasteiger partial charge < -0.3 is 25.7 Å². The second kappa shape index (κ2) is 13.6. The highest BCUT2D eigenvalue weighted by Crippen LogP contribution is 2.26. The molecule has 1 heterocycles. The Labute approximate surface area is 221 Å². The van der Waals surface area contributed by atoms with Gasteiger partial charge in [0.2, 0.25) is 5.91 Å². The zero-order valence-corrected chi connectivity index (χ0v) is 21.8. The van der Waals surface area contributed by atoms with Gasteiger partial charge in [-0.1, -0.05) is 25.4 Å². The van der Waals surface area contributed by atoms with Crippen molar-refractivity contribution >= 4 is 63.5 Å². The summed E-state index contributed by atoms with van der Waals surface area (Å²) in [4.78, 5) is 26.6. The van der Waals surface area contributed by atoms with Crippen molar-refractivity contribution in [3.05, 3.63) is 71.6 Å². The first-order valence-corrected chi connectivity index (χ1v) is 12.5. The largest absolute Gasteiger partial charge is 0.459 e. The molecule has 1 aromatic heterocycles. The number of nitrogens with one attached hydrogen (secondary N) is 4. The summed E-state index contributed by atoms with van der Waals surface area (Å²) < 4.78 is 5.09. The lowest BCUT2D eigenvalue weighted by molar-refractivity contribution is -0.117. The molecule has 0 atom stereocenters. The number of thiocarbonyl (C=S) groups is 1. The topological polar surface area (TPSA) is 98.6 Å². The van der Waals surface area contributed by atoms with Crippen molar-refractivity contribution in [2.24, 2.45) is 0 Å². The summed E-state index contributed by atoms with van der Waals surface area (Å²) in [5, 5.41) is 12.6. The minimum Gasteiger partial charge on any atom is -0.459 e. The number of hydrogen-bond acceptors (Lipinski definition) is 5. The summed E-state index contributed by atoms with van der Waals surface area (Å²) >= 11 is 11.8. The van der Waals surface area contributed by atoms with Crippen LogP contribution in [0.2, 0.25) is 5.02 Å². The number of benzene rings is 2. The van der Waals surface area contributed by atoms with Gasteiger partial charge in [0.25, 0.3) is 5.91 Å². The third kappa shape index (κ3) is 8.37. The van der Waals surface area contributed by atoms with Gasteiger partial charge in [-0.05, 0) is 92.7 Å². The van der Waals surface area contributed by atoms with Crippen molar-refractivity contribution < 1.29 is 14.0 Å². The van der Waals surface area contributed by atoms with Crippen LogP contribution in [0, 0.1) is 0 Å². The number of carbonyl (C=O) groups is 2. The number of amides is 2. The average molecular weight is 528 g/mol. The Balaban J connectivity index is 1.50. The zero-order valence-electron chi connectivity index (χ0n) is 20.3. The summed E-state index contributed by atoms with van der Waals surface area (Å²) in [5.41, 5.74) is 2.59.